The molecule has 6 nitrogen and oxygen atoms in total. The molecule has 1 amide bonds. The van der Waals surface area contributed by atoms with Crippen LogP contribution >= 0.6 is 11.6 Å². The van der Waals surface area contributed by atoms with Crippen molar-refractivity contribution in [2.24, 2.45) is 0 Å². The maximum atomic E-state index is 12.6. The molecule has 0 saturated carbocycles. The first-order valence-electron chi connectivity index (χ1n) is 7.74. The second-order valence-corrected chi connectivity index (χ2v) is 7.83. The number of amides is 1. The number of sulfonamides is 1. The van der Waals surface area contributed by atoms with Gasteiger partial charge in [-0.25, -0.2) is 8.42 Å². The smallest absolute Gasteiger partial charge is 0.244 e. The predicted molar refractivity (Wildman–Crippen MR) is 98.9 cm³/mol. The topological polar surface area (TPSA) is 79.4 Å². The molecule has 8 heteroatoms. The van der Waals surface area contributed by atoms with Crippen molar-refractivity contribution in [1.29, 1.82) is 0 Å². The van der Waals surface area contributed by atoms with Gasteiger partial charge < -0.3 is 5.32 Å². The normalized spacial score (nSPS) is 12.4. The molecule has 1 aromatic heterocycles. The van der Waals surface area contributed by atoms with Crippen LogP contribution in [-0.2, 0) is 21.4 Å². The van der Waals surface area contributed by atoms with Gasteiger partial charge >= 0.3 is 0 Å². The van der Waals surface area contributed by atoms with Crippen molar-refractivity contribution in [1.82, 2.24) is 10.3 Å². The van der Waals surface area contributed by atoms with Gasteiger partial charge in [0.25, 0.3) is 0 Å². The van der Waals surface area contributed by atoms with Gasteiger partial charge in [-0.2, -0.15) is 0 Å². The Morgan fingerprint density at radius 3 is 2.48 bits per heavy atom. The van der Waals surface area contributed by atoms with E-state index >= 15 is 0 Å². The summed E-state index contributed by atoms with van der Waals surface area (Å²) in [5, 5.41) is 3.26. The van der Waals surface area contributed by atoms with Crippen LogP contribution < -0.4 is 9.62 Å². The minimum absolute atomic E-state index is 0.279. The second-order valence-electron chi connectivity index (χ2n) is 5.54. The van der Waals surface area contributed by atoms with Gasteiger partial charge in [-0.15, -0.1) is 0 Å². The number of anilines is 1. The average Bonchev–Trinajstić information content (AvgIpc) is 2.58. The second kappa shape index (κ2) is 8.31. The summed E-state index contributed by atoms with van der Waals surface area (Å²) in [4.78, 5) is 16.6. The molecule has 2 aromatic rings. The van der Waals surface area contributed by atoms with E-state index in [1.165, 1.54) is 0 Å². The largest absolute Gasteiger partial charge is 0.350 e. The lowest BCUT2D eigenvalue weighted by Crippen LogP contribution is -2.49. The van der Waals surface area contributed by atoms with Crippen molar-refractivity contribution < 1.29 is 13.2 Å². The number of carbonyl (C=O) groups is 1. The Labute approximate surface area is 152 Å². The minimum atomic E-state index is -3.65. The average molecular weight is 382 g/mol. The summed E-state index contributed by atoms with van der Waals surface area (Å²) in [6.45, 7) is 2.05. The molecule has 0 unspecified atom stereocenters. The minimum Gasteiger partial charge on any atom is -0.350 e. The lowest BCUT2D eigenvalue weighted by atomic mass is 10.2. The van der Waals surface area contributed by atoms with Crippen molar-refractivity contribution in [3.05, 3.63) is 59.4 Å². The third-order valence-corrected chi connectivity index (χ3v) is 5.03. The van der Waals surface area contributed by atoms with Crippen LogP contribution in [0.15, 0.2) is 48.8 Å². The number of benzene rings is 1. The number of pyridine rings is 1. The van der Waals surface area contributed by atoms with Crippen LogP contribution in [0, 0.1) is 0 Å². The van der Waals surface area contributed by atoms with Crippen molar-refractivity contribution in [3.63, 3.8) is 0 Å². The molecule has 0 aliphatic carbocycles. The first-order chi connectivity index (χ1) is 11.8. The van der Waals surface area contributed by atoms with Gasteiger partial charge in [0.05, 0.1) is 11.9 Å². The molecule has 1 atom stereocenters. The highest BCUT2D eigenvalue weighted by Crippen LogP contribution is 2.24. The summed E-state index contributed by atoms with van der Waals surface area (Å²) >= 11 is 5.87. The summed E-state index contributed by atoms with van der Waals surface area (Å²) in [5.74, 6) is -0.369. The first kappa shape index (κ1) is 19.2. The van der Waals surface area contributed by atoms with Crippen LogP contribution in [-0.4, -0.2) is 31.6 Å². The van der Waals surface area contributed by atoms with E-state index in [0.29, 0.717) is 17.1 Å². The fraction of sp³-hybridized carbons (Fsp3) is 0.294. The molecule has 0 fully saturated rings. The Morgan fingerprint density at radius 1 is 1.28 bits per heavy atom. The maximum Gasteiger partial charge on any atom is 0.244 e. The summed E-state index contributed by atoms with van der Waals surface area (Å²) in [5.41, 5.74) is 1.23. The highest BCUT2D eigenvalue weighted by atomic mass is 35.5. The number of aromatic nitrogens is 1. The number of halogens is 1. The Bertz CT molecular complexity index is 811. The molecule has 0 bridgehead atoms. The van der Waals surface area contributed by atoms with Crippen LogP contribution in [0.4, 0.5) is 5.69 Å². The lowest BCUT2D eigenvalue weighted by molar-refractivity contribution is -0.122. The summed E-state index contributed by atoms with van der Waals surface area (Å²) in [7, 11) is -3.65. The molecule has 0 spiro atoms. The fourth-order valence-electron chi connectivity index (χ4n) is 2.46. The zero-order valence-electron chi connectivity index (χ0n) is 14.0. The molecule has 25 heavy (non-hydrogen) atoms. The van der Waals surface area contributed by atoms with Gasteiger partial charge in [-0.1, -0.05) is 24.6 Å². The zero-order valence-corrected chi connectivity index (χ0v) is 15.6. The van der Waals surface area contributed by atoms with Crippen molar-refractivity contribution in [2.45, 2.75) is 25.9 Å². The molecule has 1 aromatic carbocycles. The van der Waals surface area contributed by atoms with Crippen molar-refractivity contribution in [3.8, 4) is 0 Å². The SMILES string of the molecule is CC[C@H](C(=O)NCc1cccnc1)N(c1ccc(Cl)cc1)S(C)(=O)=O. The highest BCUT2D eigenvalue weighted by molar-refractivity contribution is 7.92. The van der Waals surface area contributed by atoms with Crippen LogP contribution in [0.2, 0.25) is 5.02 Å². The first-order valence-corrected chi connectivity index (χ1v) is 9.97. The Morgan fingerprint density at radius 2 is 1.96 bits per heavy atom. The third-order valence-electron chi connectivity index (χ3n) is 3.60. The molecule has 134 valence electrons. The number of carbonyl (C=O) groups excluding carboxylic acids is 1. The number of rotatable bonds is 7. The molecule has 0 radical (unpaired) electrons. The molecular weight excluding hydrogens is 362 g/mol. The lowest BCUT2D eigenvalue weighted by Gasteiger charge is -2.30. The van der Waals surface area contributed by atoms with Crippen LogP contribution in [0.3, 0.4) is 0 Å². The predicted octanol–water partition coefficient (Wildman–Crippen LogP) is 2.60. The van der Waals surface area contributed by atoms with Crippen LogP contribution in [0.1, 0.15) is 18.9 Å². The van der Waals surface area contributed by atoms with Gasteiger partial charge in [-0.05, 0) is 42.3 Å². The van der Waals surface area contributed by atoms with E-state index in [1.54, 1.807) is 49.6 Å². The van der Waals surface area contributed by atoms with Gasteiger partial charge in [0.15, 0.2) is 0 Å². The molecule has 0 saturated heterocycles. The van der Waals surface area contributed by atoms with Gasteiger partial charge in [0.2, 0.25) is 15.9 Å². The molecule has 0 aliphatic rings. The fourth-order valence-corrected chi connectivity index (χ4v) is 3.80. The Kier molecular flexibility index (Phi) is 6.39. The molecular formula is C17H20ClN3O3S. The standard InChI is InChI=1S/C17H20ClN3O3S/c1-3-16(17(22)20-12-13-5-4-10-19-11-13)21(25(2,23)24)15-8-6-14(18)7-9-15/h4-11,16H,3,12H2,1-2H3,(H,20,22)/t16-/m1/s1. The summed E-state index contributed by atoms with van der Waals surface area (Å²) < 4.78 is 25.7. The van der Waals surface area contributed by atoms with Crippen LogP contribution in [0.25, 0.3) is 0 Å². The van der Waals surface area contributed by atoms with E-state index in [9.17, 15) is 13.2 Å². The highest BCUT2D eigenvalue weighted by Gasteiger charge is 2.31. The number of nitrogens with zero attached hydrogens (tertiary/aromatic N) is 2. The molecule has 0 aliphatic heterocycles. The Balaban J connectivity index is 2.23. The van der Waals surface area contributed by atoms with Crippen molar-refractivity contribution >= 4 is 33.2 Å². The van der Waals surface area contributed by atoms with E-state index in [0.717, 1.165) is 16.1 Å². The van der Waals surface area contributed by atoms with E-state index in [4.69, 9.17) is 11.6 Å². The third kappa shape index (κ3) is 5.17. The summed E-state index contributed by atoms with van der Waals surface area (Å²) in [6.07, 6.45) is 4.70. The van der Waals surface area contributed by atoms with Gasteiger partial charge in [0, 0.05) is 24.0 Å². The van der Waals surface area contributed by atoms with Gasteiger partial charge in [0.1, 0.15) is 6.04 Å². The number of hydrogen-bond acceptors (Lipinski definition) is 4. The van der Waals surface area contributed by atoms with Crippen molar-refractivity contribution in [2.75, 3.05) is 10.6 Å². The Hall–Kier alpha value is -2.12. The maximum absolute atomic E-state index is 12.6. The monoisotopic (exact) mass is 381 g/mol. The molecule has 2 rings (SSSR count). The summed E-state index contributed by atoms with van der Waals surface area (Å²) in [6, 6.07) is 9.11. The zero-order chi connectivity index (χ0) is 18.4. The van der Waals surface area contributed by atoms with Gasteiger partial charge in [-0.3, -0.25) is 14.1 Å². The number of hydrogen-bond donors (Lipinski definition) is 1. The van der Waals surface area contributed by atoms with E-state index in [2.05, 4.69) is 10.3 Å². The van der Waals surface area contributed by atoms with E-state index < -0.39 is 16.1 Å². The van der Waals surface area contributed by atoms with E-state index in [-0.39, 0.29) is 12.5 Å². The quantitative estimate of drug-likeness (QED) is 0.799. The number of nitrogens with one attached hydrogen (secondary N) is 1. The van der Waals surface area contributed by atoms with E-state index in [1.807, 2.05) is 6.07 Å². The van der Waals surface area contributed by atoms with Crippen LogP contribution in [0.5, 0.6) is 0 Å². The molecule has 1 heterocycles. The molecule has 1 N–H and O–H groups in total.